The molecule has 0 aromatic carbocycles. The van der Waals surface area contributed by atoms with Gasteiger partial charge >= 0.3 is 11.9 Å². The monoisotopic (exact) mass is 483 g/mol. The molecule has 0 spiro atoms. The summed E-state index contributed by atoms with van der Waals surface area (Å²) in [5.41, 5.74) is 16.8. The van der Waals surface area contributed by atoms with Gasteiger partial charge in [0.25, 0.3) is 0 Å². The maximum atomic E-state index is 12.6. The highest BCUT2D eigenvalue weighted by Crippen LogP contribution is 2.02. The van der Waals surface area contributed by atoms with Crippen molar-refractivity contribution in [3.8, 4) is 0 Å². The largest absolute Gasteiger partial charge is 0.481 e. The molecule has 1 aromatic rings. The maximum absolute atomic E-state index is 12.6. The molecule has 1 rings (SSSR count). The van der Waals surface area contributed by atoms with Gasteiger partial charge in [-0.2, -0.15) is 0 Å². The summed E-state index contributed by atoms with van der Waals surface area (Å²) in [6, 6.07) is -3.76. The molecule has 12 N–H and O–H groups in total. The van der Waals surface area contributed by atoms with E-state index in [9.17, 15) is 24.0 Å². The van der Waals surface area contributed by atoms with E-state index in [0.717, 1.165) is 0 Å². The van der Waals surface area contributed by atoms with E-state index in [4.69, 9.17) is 27.4 Å². The number of amides is 3. The molecule has 0 saturated heterocycles. The van der Waals surface area contributed by atoms with Crippen LogP contribution in [0.15, 0.2) is 17.5 Å². The van der Waals surface area contributed by atoms with E-state index in [-0.39, 0.29) is 25.3 Å². The molecule has 0 aliphatic carbocycles. The van der Waals surface area contributed by atoms with Crippen molar-refractivity contribution in [1.82, 2.24) is 25.9 Å². The molecule has 0 saturated carbocycles. The fourth-order valence-corrected chi connectivity index (χ4v) is 2.67. The van der Waals surface area contributed by atoms with Gasteiger partial charge in [-0.25, -0.2) is 9.78 Å². The van der Waals surface area contributed by atoms with Gasteiger partial charge in [-0.1, -0.05) is 0 Å². The topological polar surface area (TPSA) is 281 Å². The number of carboxylic acids is 2. The Labute approximate surface area is 193 Å². The molecule has 3 atom stereocenters. The Morgan fingerprint density at radius 3 is 2.35 bits per heavy atom. The average Bonchev–Trinajstić information content (AvgIpc) is 3.26. The molecule has 1 heterocycles. The number of hydrogen-bond acceptors (Lipinski definition) is 8. The second kappa shape index (κ2) is 14.0. The Kier molecular flexibility index (Phi) is 11.5. The second-order valence-corrected chi connectivity index (χ2v) is 7.17. The van der Waals surface area contributed by atoms with Crippen molar-refractivity contribution in [3.63, 3.8) is 0 Å². The Bertz CT molecular complexity index is 884. The number of nitrogens with zero attached hydrogens (tertiary/aromatic N) is 2. The van der Waals surface area contributed by atoms with E-state index in [1.54, 1.807) is 0 Å². The number of aromatic nitrogens is 2. The lowest BCUT2D eigenvalue weighted by molar-refractivity contribution is -0.147. The summed E-state index contributed by atoms with van der Waals surface area (Å²) in [5.74, 6) is -5.35. The number of aliphatic carboxylic acids is 2. The summed E-state index contributed by atoms with van der Waals surface area (Å²) in [7, 11) is 0. The Morgan fingerprint density at radius 1 is 1.09 bits per heavy atom. The molecular formula is C18H29N9O7. The van der Waals surface area contributed by atoms with Crippen LogP contribution in [0.25, 0.3) is 0 Å². The highest BCUT2D eigenvalue weighted by Gasteiger charge is 2.26. The third kappa shape index (κ3) is 10.9. The van der Waals surface area contributed by atoms with Crippen LogP contribution < -0.4 is 33.2 Å². The summed E-state index contributed by atoms with van der Waals surface area (Å²) < 4.78 is 0. The zero-order chi connectivity index (χ0) is 25.7. The number of hydrogen-bond donors (Lipinski definition) is 9. The summed E-state index contributed by atoms with van der Waals surface area (Å²) in [6.45, 7) is -0.377. The number of carbonyl (C=O) groups is 5. The molecule has 16 heteroatoms. The van der Waals surface area contributed by atoms with E-state index < -0.39 is 60.8 Å². The third-order valence-electron chi connectivity index (χ3n) is 4.35. The first-order chi connectivity index (χ1) is 16.0. The van der Waals surface area contributed by atoms with Crippen molar-refractivity contribution in [2.45, 2.75) is 43.8 Å². The zero-order valence-corrected chi connectivity index (χ0v) is 18.2. The number of carbonyl (C=O) groups excluding carboxylic acids is 3. The van der Waals surface area contributed by atoms with Crippen molar-refractivity contribution < 1.29 is 34.2 Å². The van der Waals surface area contributed by atoms with Gasteiger partial charge in [-0.15, -0.1) is 0 Å². The molecule has 3 amide bonds. The van der Waals surface area contributed by atoms with Crippen molar-refractivity contribution in [1.29, 1.82) is 0 Å². The number of aliphatic imine (C=N–C) groups is 1. The number of imidazole rings is 1. The van der Waals surface area contributed by atoms with Crippen LogP contribution in [0, 0.1) is 0 Å². The highest BCUT2D eigenvalue weighted by molar-refractivity contribution is 5.93. The van der Waals surface area contributed by atoms with Crippen molar-refractivity contribution in [2.75, 3.05) is 13.1 Å². The predicted octanol–water partition coefficient (Wildman–Crippen LogP) is -4.02. The minimum atomic E-state index is -1.67. The van der Waals surface area contributed by atoms with E-state index >= 15 is 0 Å². The normalized spacial score (nSPS) is 13.1. The SMILES string of the molecule is NC(N)=NCCCC(N)C(=O)NC(Cc1cnc[nH]1)C(=O)NCC(=O)NC(CC(=O)O)C(=O)O. The van der Waals surface area contributed by atoms with Gasteiger partial charge in [-0.3, -0.25) is 24.2 Å². The Morgan fingerprint density at radius 2 is 1.79 bits per heavy atom. The average molecular weight is 483 g/mol. The third-order valence-corrected chi connectivity index (χ3v) is 4.35. The minimum absolute atomic E-state index is 0.00330. The lowest BCUT2D eigenvalue weighted by Crippen LogP contribution is -2.54. The van der Waals surface area contributed by atoms with Crippen LogP contribution >= 0.6 is 0 Å². The molecule has 188 valence electrons. The van der Waals surface area contributed by atoms with Gasteiger partial charge in [0.2, 0.25) is 17.7 Å². The second-order valence-electron chi connectivity index (χ2n) is 7.17. The number of H-pyrrole nitrogens is 1. The zero-order valence-electron chi connectivity index (χ0n) is 18.2. The number of guanidine groups is 1. The van der Waals surface area contributed by atoms with Gasteiger partial charge in [0.1, 0.15) is 12.1 Å². The minimum Gasteiger partial charge on any atom is -0.481 e. The van der Waals surface area contributed by atoms with Crippen LogP contribution in [0.5, 0.6) is 0 Å². The van der Waals surface area contributed by atoms with Crippen molar-refractivity contribution >= 4 is 35.6 Å². The van der Waals surface area contributed by atoms with Gasteiger partial charge in [0.15, 0.2) is 5.96 Å². The molecule has 0 aliphatic rings. The van der Waals surface area contributed by atoms with Gasteiger partial charge < -0.3 is 48.3 Å². The van der Waals surface area contributed by atoms with Crippen LogP contribution in [0.2, 0.25) is 0 Å². The van der Waals surface area contributed by atoms with Crippen LogP contribution in [0.4, 0.5) is 0 Å². The molecule has 16 nitrogen and oxygen atoms in total. The van der Waals surface area contributed by atoms with Crippen molar-refractivity contribution in [2.24, 2.45) is 22.2 Å². The first kappa shape index (κ1) is 27.8. The predicted molar refractivity (Wildman–Crippen MR) is 117 cm³/mol. The smallest absolute Gasteiger partial charge is 0.326 e. The lowest BCUT2D eigenvalue weighted by Gasteiger charge is -2.20. The molecule has 3 unspecified atom stereocenters. The van der Waals surface area contributed by atoms with Crippen LogP contribution in [-0.2, 0) is 30.4 Å². The quantitative estimate of drug-likeness (QED) is 0.0657. The fraction of sp³-hybridized carbons (Fsp3) is 0.500. The first-order valence-electron chi connectivity index (χ1n) is 10.1. The van der Waals surface area contributed by atoms with Gasteiger partial charge in [-0.05, 0) is 12.8 Å². The van der Waals surface area contributed by atoms with Crippen LogP contribution in [-0.4, -0.2) is 87.0 Å². The van der Waals surface area contributed by atoms with E-state index in [2.05, 4.69) is 25.6 Å². The van der Waals surface area contributed by atoms with Gasteiger partial charge in [0.05, 0.1) is 25.3 Å². The Balaban J connectivity index is 2.70. The highest BCUT2D eigenvalue weighted by atomic mass is 16.4. The number of rotatable bonds is 15. The maximum Gasteiger partial charge on any atom is 0.326 e. The summed E-state index contributed by atoms with van der Waals surface area (Å²) >= 11 is 0. The summed E-state index contributed by atoms with van der Waals surface area (Å²) in [4.78, 5) is 69.2. The molecule has 0 radical (unpaired) electrons. The van der Waals surface area contributed by atoms with E-state index in [0.29, 0.717) is 12.1 Å². The molecular weight excluding hydrogens is 454 g/mol. The number of nitrogens with two attached hydrogens (primary N) is 3. The Hall–Kier alpha value is -4.21. The number of carboxylic acid groups (broad SMARTS) is 2. The molecule has 1 aromatic heterocycles. The molecule has 0 bridgehead atoms. The van der Waals surface area contributed by atoms with Crippen LogP contribution in [0.3, 0.4) is 0 Å². The van der Waals surface area contributed by atoms with Crippen LogP contribution in [0.1, 0.15) is 25.0 Å². The summed E-state index contributed by atoms with van der Waals surface area (Å²) in [5, 5.41) is 24.5. The fourth-order valence-electron chi connectivity index (χ4n) is 2.67. The molecule has 0 aliphatic heterocycles. The van der Waals surface area contributed by atoms with E-state index in [1.165, 1.54) is 12.5 Å². The van der Waals surface area contributed by atoms with Gasteiger partial charge in [0, 0.05) is 24.9 Å². The van der Waals surface area contributed by atoms with Crippen molar-refractivity contribution in [3.05, 3.63) is 18.2 Å². The van der Waals surface area contributed by atoms with E-state index in [1.807, 2.05) is 5.32 Å². The summed E-state index contributed by atoms with van der Waals surface area (Å²) in [6.07, 6.45) is 2.64. The number of nitrogens with one attached hydrogen (secondary N) is 4. The lowest BCUT2D eigenvalue weighted by atomic mass is 10.1. The molecule has 34 heavy (non-hydrogen) atoms. The first-order valence-corrected chi connectivity index (χ1v) is 10.1. The number of aromatic amines is 1. The standard InChI is InChI=1S/C18H29N9O7/c19-10(2-1-3-23-18(20)21)15(31)27-11(4-9-6-22-8-25-9)16(32)24-7-13(28)26-12(17(33)34)5-14(29)30/h6,8,10-12H,1-5,7,19H2,(H,22,25)(H,24,32)(H,26,28)(H,27,31)(H,29,30)(H,33,34)(H4,20,21,23). The molecule has 0 fully saturated rings.